The van der Waals surface area contributed by atoms with Crippen LogP contribution in [0, 0.1) is 18.3 Å². The number of carbonyl (C=O) groups is 3. The van der Waals surface area contributed by atoms with E-state index < -0.39 is 29.9 Å². The molecule has 29 heavy (non-hydrogen) atoms. The molecular formula is C21H22N4O4. The Morgan fingerprint density at radius 2 is 2.00 bits per heavy atom. The van der Waals surface area contributed by atoms with E-state index in [4.69, 9.17) is 9.68 Å². The van der Waals surface area contributed by atoms with Gasteiger partial charge in [0.2, 0.25) is 5.91 Å². The normalized spacial score (nSPS) is 18.4. The Bertz CT molecular complexity index is 946. The second kappa shape index (κ2) is 8.19. The molecule has 3 rings (SSSR count). The van der Waals surface area contributed by atoms with Crippen LogP contribution >= 0.6 is 0 Å². The maximum atomic E-state index is 13.0. The zero-order valence-electron chi connectivity index (χ0n) is 16.3. The number of hydrogen-bond acceptors (Lipinski definition) is 5. The topological polar surface area (TPSA) is 107 Å². The number of amides is 4. The van der Waals surface area contributed by atoms with Crippen molar-refractivity contribution in [1.29, 1.82) is 5.26 Å². The Kier molecular flexibility index (Phi) is 5.69. The van der Waals surface area contributed by atoms with Gasteiger partial charge in [-0.2, -0.15) is 5.26 Å². The molecule has 0 bridgehead atoms. The number of aryl methyl sites for hydroxylation is 1. The summed E-state index contributed by atoms with van der Waals surface area (Å²) in [6.45, 7) is 3.49. The van der Waals surface area contributed by atoms with Crippen molar-refractivity contribution in [2.75, 3.05) is 13.1 Å². The van der Waals surface area contributed by atoms with Crippen LogP contribution in [0.15, 0.2) is 47.1 Å². The minimum absolute atomic E-state index is 0.133. The average molecular weight is 394 g/mol. The molecule has 1 atom stereocenters. The molecule has 4 amide bonds. The van der Waals surface area contributed by atoms with Crippen LogP contribution in [0.2, 0.25) is 0 Å². The van der Waals surface area contributed by atoms with Crippen LogP contribution in [0.5, 0.6) is 0 Å². The van der Waals surface area contributed by atoms with Gasteiger partial charge in [0, 0.05) is 6.54 Å². The highest BCUT2D eigenvalue weighted by molar-refractivity contribution is 6.09. The van der Waals surface area contributed by atoms with E-state index in [1.165, 1.54) is 11.2 Å². The summed E-state index contributed by atoms with van der Waals surface area (Å²) in [5.74, 6) is -0.371. The molecule has 0 spiro atoms. The first-order chi connectivity index (χ1) is 13.8. The molecule has 0 radical (unpaired) electrons. The standard InChI is InChI=1S/C21H22N4O4/c1-15-6-8-16(9-7-15)21(2)19(27)25(20(28)23-21)14-18(26)24(11-4-10-22)13-17-5-3-12-29-17/h3,5-9,12H,4,11,13-14H2,1-2H3,(H,23,28). The fraction of sp³-hybridized carbons (Fsp3) is 0.333. The van der Waals surface area contributed by atoms with E-state index >= 15 is 0 Å². The molecule has 2 aromatic rings. The van der Waals surface area contributed by atoms with Crippen molar-refractivity contribution >= 4 is 17.8 Å². The Balaban J connectivity index is 1.76. The van der Waals surface area contributed by atoms with Crippen LogP contribution in [-0.4, -0.2) is 40.7 Å². The molecule has 2 heterocycles. The number of nitrogens with one attached hydrogen (secondary N) is 1. The molecule has 150 valence electrons. The number of hydrogen-bond donors (Lipinski definition) is 1. The van der Waals surface area contributed by atoms with Gasteiger partial charge in [0.15, 0.2) is 0 Å². The molecule has 0 aliphatic carbocycles. The molecule has 1 saturated heterocycles. The largest absolute Gasteiger partial charge is 0.467 e. The van der Waals surface area contributed by atoms with E-state index in [9.17, 15) is 14.4 Å². The zero-order chi connectivity index (χ0) is 21.0. The fourth-order valence-electron chi connectivity index (χ4n) is 3.23. The number of imide groups is 1. The van der Waals surface area contributed by atoms with E-state index in [1.54, 1.807) is 31.2 Å². The van der Waals surface area contributed by atoms with Crippen LogP contribution in [0.25, 0.3) is 0 Å². The quantitative estimate of drug-likeness (QED) is 0.725. The molecular weight excluding hydrogens is 372 g/mol. The summed E-state index contributed by atoms with van der Waals surface area (Å²) in [7, 11) is 0. The van der Waals surface area contributed by atoms with Gasteiger partial charge in [0.05, 0.1) is 25.3 Å². The van der Waals surface area contributed by atoms with E-state index in [0.29, 0.717) is 11.3 Å². The number of benzene rings is 1. The molecule has 0 saturated carbocycles. The summed E-state index contributed by atoms with van der Waals surface area (Å²) < 4.78 is 5.27. The monoisotopic (exact) mass is 394 g/mol. The number of urea groups is 1. The van der Waals surface area contributed by atoms with E-state index in [-0.39, 0.29) is 19.5 Å². The van der Waals surface area contributed by atoms with Crippen LogP contribution in [0.4, 0.5) is 4.79 Å². The first-order valence-electron chi connectivity index (χ1n) is 9.23. The van der Waals surface area contributed by atoms with Gasteiger partial charge < -0.3 is 14.6 Å². The Hall–Kier alpha value is -3.60. The smallest absolute Gasteiger partial charge is 0.325 e. The predicted octanol–water partition coefficient (Wildman–Crippen LogP) is 2.30. The van der Waals surface area contributed by atoms with E-state index in [0.717, 1.165) is 10.5 Å². The van der Waals surface area contributed by atoms with Crippen molar-refractivity contribution in [3.63, 3.8) is 0 Å². The fourth-order valence-corrected chi connectivity index (χ4v) is 3.23. The maximum Gasteiger partial charge on any atom is 0.325 e. The van der Waals surface area contributed by atoms with Gasteiger partial charge in [-0.15, -0.1) is 0 Å². The van der Waals surface area contributed by atoms with Gasteiger partial charge in [-0.25, -0.2) is 4.79 Å². The summed E-state index contributed by atoms with van der Waals surface area (Å²) >= 11 is 0. The van der Waals surface area contributed by atoms with Crippen LogP contribution in [0.3, 0.4) is 0 Å². The van der Waals surface area contributed by atoms with Crippen LogP contribution in [0.1, 0.15) is 30.2 Å². The third-order valence-corrected chi connectivity index (χ3v) is 4.97. The summed E-state index contributed by atoms with van der Waals surface area (Å²) in [4.78, 5) is 40.6. The molecule has 8 heteroatoms. The van der Waals surface area contributed by atoms with Gasteiger partial charge in [-0.05, 0) is 31.5 Å². The minimum Gasteiger partial charge on any atom is -0.467 e. The van der Waals surface area contributed by atoms with Gasteiger partial charge in [-0.3, -0.25) is 14.5 Å². The predicted molar refractivity (Wildman–Crippen MR) is 103 cm³/mol. The molecule has 8 nitrogen and oxygen atoms in total. The highest BCUT2D eigenvalue weighted by atomic mass is 16.3. The molecule has 1 fully saturated rings. The third-order valence-electron chi connectivity index (χ3n) is 4.97. The van der Waals surface area contributed by atoms with E-state index in [2.05, 4.69) is 5.32 Å². The second-order valence-corrected chi connectivity index (χ2v) is 7.12. The molecule has 1 aliphatic heterocycles. The summed E-state index contributed by atoms with van der Waals surface area (Å²) in [5, 5.41) is 11.6. The molecule has 1 aliphatic rings. The summed E-state index contributed by atoms with van der Waals surface area (Å²) in [6.07, 6.45) is 1.63. The lowest BCUT2D eigenvalue weighted by Crippen LogP contribution is -2.44. The van der Waals surface area contributed by atoms with Crippen LogP contribution < -0.4 is 5.32 Å². The zero-order valence-corrected chi connectivity index (χ0v) is 16.3. The first kappa shape index (κ1) is 20.1. The number of furan rings is 1. The number of rotatable bonds is 7. The second-order valence-electron chi connectivity index (χ2n) is 7.12. The minimum atomic E-state index is -1.23. The number of carbonyl (C=O) groups excluding carboxylic acids is 3. The molecule has 1 aromatic carbocycles. The van der Waals surface area contributed by atoms with Crippen LogP contribution in [-0.2, 0) is 21.7 Å². The Morgan fingerprint density at radius 1 is 1.28 bits per heavy atom. The molecule has 1 N–H and O–H groups in total. The summed E-state index contributed by atoms with van der Waals surface area (Å²) in [5.41, 5.74) is 0.448. The summed E-state index contributed by atoms with van der Waals surface area (Å²) in [6, 6.07) is 12.1. The first-order valence-corrected chi connectivity index (χ1v) is 9.23. The third kappa shape index (κ3) is 4.14. The lowest BCUT2D eigenvalue weighted by atomic mass is 9.91. The van der Waals surface area contributed by atoms with Gasteiger partial charge in [0.1, 0.15) is 17.8 Å². The Labute approximate surface area is 168 Å². The van der Waals surface area contributed by atoms with Crippen molar-refractivity contribution in [2.24, 2.45) is 0 Å². The van der Waals surface area contributed by atoms with Gasteiger partial charge in [-0.1, -0.05) is 29.8 Å². The van der Waals surface area contributed by atoms with E-state index in [1.807, 2.05) is 25.1 Å². The lowest BCUT2D eigenvalue weighted by Gasteiger charge is -2.24. The van der Waals surface area contributed by atoms with Crippen molar-refractivity contribution in [1.82, 2.24) is 15.1 Å². The van der Waals surface area contributed by atoms with Crippen molar-refractivity contribution in [2.45, 2.75) is 32.4 Å². The average Bonchev–Trinajstić information content (AvgIpc) is 3.28. The van der Waals surface area contributed by atoms with Crippen molar-refractivity contribution in [3.8, 4) is 6.07 Å². The Morgan fingerprint density at radius 3 is 2.62 bits per heavy atom. The molecule has 1 aromatic heterocycles. The maximum absolute atomic E-state index is 13.0. The van der Waals surface area contributed by atoms with Crippen molar-refractivity contribution < 1.29 is 18.8 Å². The highest BCUT2D eigenvalue weighted by Crippen LogP contribution is 2.29. The lowest BCUT2D eigenvalue weighted by molar-refractivity contribution is -0.139. The molecule has 1 unspecified atom stereocenters. The SMILES string of the molecule is Cc1ccc(C2(C)NC(=O)N(CC(=O)N(CCC#N)Cc3ccco3)C2=O)cc1. The van der Waals surface area contributed by atoms with Gasteiger partial charge >= 0.3 is 6.03 Å². The number of nitriles is 1. The number of nitrogens with zero attached hydrogens (tertiary/aromatic N) is 3. The van der Waals surface area contributed by atoms with Crippen molar-refractivity contribution in [3.05, 3.63) is 59.5 Å². The highest BCUT2D eigenvalue weighted by Gasteiger charge is 2.49. The van der Waals surface area contributed by atoms with Gasteiger partial charge in [0.25, 0.3) is 5.91 Å².